The van der Waals surface area contributed by atoms with Crippen LogP contribution < -0.4 is 9.62 Å². The molecule has 0 aromatic heterocycles. The number of nitrogens with zero attached hydrogens (tertiary/aromatic N) is 2. The SMILES string of the molecule is CC[C@@H](C(=O)NC1CCCCC1)N(Cc1ccccc1Cl)C(=O)CN(c1ccccc1F)S(=O)(=O)c1ccc(C)cc1. The Labute approximate surface area is 252 Å². The molecule has 10 heteroatoms. The summed E-state index contributed by atoms with van der Waals surface area (Å²) >= 11 is 6.45. The largest absolute Gasteiger partial charge is 0.352 e. The van der Waals surface area contributed by atoms with Crippen LogP contribution in [-0.2, 0) is 26.2 Å². The third-order valence-electron chi connectivity index (χ3n) is 7.64. The average molecular weight is 614 g/mol. The summed E-state index contributed by atoms with van der Waals surface area (Å²) in [5.74, 6) is -1.75. The van der Waals surface area contributed by atoms with E-state index in [9.17, 15) is 18.0 Å². The second-order valence-electron chi connectivity index (χ2n) is 10.7. The zero-order valence-corrected chi connectivity index (χ0v) is 25.5. The van der Waals surface area contributed by atoms with Crippen molar-refractivity contribution in [1.82, 2.24) is 10.2 Å². The maximum atomic E-state index is 15.1. The van der Waals surface area contributed by atoms with Gasteiger partial charge >= 0.3 is 0 Å². The molecule has 0 heterocycles. The smallest absolute Gasteiger partial charge is 0.264 e. The number of carbonyl (C=O) groups excluding carboxylic acids is 2. The van der Waals surface area contributed by atoms with Crippen molar-refractivity contribution < 1.29 is 22.4 Å². The topological polar surface area (TPSA) is 86.8 Å². The van der Waals surface area contributed by atoms with Crippen LogP contribution in [0.3, 0.4) is 0 Å². The van der Waals surface area contributed by atoms with Crippen molar-refractivity contribution in [2.45, 2.75) is 75.9 Å². The Balaban J connectivity index is 1.72. The summed E-state index contributed by atoms with van der Waals surface area (Å²) in [6.45, 7) is 2.89. The van der Waals surface area contributed by atoms with Crippen molar-refractivity contribution in [2.24, 2.45) is 0 Å². The molecule has 1 saturated carbocycles. The Hall–Kier alpha value is -3.43. The zero-order valence-electron chi connectivity index (χ0n) is 23.9. The molecule has 1 N–H and O–H groups in total. The number of sulfonamides is 1. The summed E-state index contributed by atoms with van der Waals surface area (Å²) in [5.41, 5.74) is 1.20. The molecule has 1 fully saturated rings. The van der Waals surface area contributed by atoms with Crippen molar-refractivity contribution in [3.8, 4) is 0 Å². The van der Waals surface area contributed by atoms with E-state index in [0.717, 1.165) is 48.0 Å². The van der Waals surface area contributed by atoms with Crippen molar-refractivity contribution >= 4 is 39.1 Å². The Morgan fingerprint density at radius 3 is 2.26 bits per heavy atom. The number of aryl methyl sites for hydroxylation is 1. The Morgan fingerprint density at radius 2 is 1.62 bits per heavy atom. The number of hydrogen-bond donors (Lipinski definition) is 1. The van der Waals surface area contributed by atoms with Gasteiger partial charge in [-0.1, -0.05) is 85.8 Å². The van der Waals surface area contributed by atoms with Gasteiger partial charge in [0.15, 0.2) is 0 Å². The highest BCUT2D eigenvalue weighted by Crippen LogP contribution is 2.28. The van der Waals surface area contributed by atoms with Crippen molar-refractivity contribution in [1.29, 1.82) is 0 Å². The van der Waals surface area contributed by atoms with Gasteiger partial charge in [0.25, 0.3) is 10.0 Å². The lowest BCUT2D eigenvalue weighted by Gasteiger charge is -2.34. The van der Waals surface area contributed by atoms with Gasteiger partial charge in [-0.3, -0.25) is 13.9 Å². The fourth-order valence-electron chi connectivity index (χ4n) is 5.28. The molecule has 42 heavy (non-hydrogen) atoms. The third kappa shape index (κ3) is 7.50. The number of rotatable bonds is 11. The molecule has 4 rings (SSSR count). The standard InChI is InChI=1S/C32H37ClFN3O4S/c1-3-29(32(39)35-25-12-5-4-6-13-25)36(21-24-11-7-8-14-27(24)33)31(38)22-37(30-16-10-9-15-28(30)34)42(40,41)26-19-17-23(2)18-20-26/h7-11,14-20,25,29H,3-6,12-13,21-22H2,1-2H3,(H,35,39)/t29-/m0/s1. The molecular formula is C32H37ClFN3O4S. The normalized spacial score (nSPS) is 14.7. The van der Waals surface area contributed by atoms with Crippen LogP contribution in [-0.4, -0.2) is 43.8 Å². The molecule has 3 aromatic rings. The molecule has 7 nitrogen and oxygen atoms in total. The summed E-state index contributed by atoms with van der Waals surface area (Å²) in [6.07, 6.45) is 5.21. The summed E-state index contributed by atoms with van der Waals surface area (Å²) in [6, 6.07) is 17.7. The Morgan fingerprint density at radius 1 is 0.976 bits per heavy atom. The van der Waals surface area contributed by atoms with E-state index in [1.807, 2.05) is 6.92 Å². The van der Waals surface area contributed by atoms with Gasteiger partial charge in [0.05, 0.1) is 10.6 Å². The number of hydrogen-bond acceptors (Lipinski definition) is 4. The molecule has 1 aliphatic carbocycles. The number of anilines is 1. The van der Waals surface area contributed by atoms with Crippen molar-refractivity contribution in [3.63, 3.8) is 0 Å². The molecule has 0 saturated heterocycles. The van der Waals surface area contributed by atoms with E-state index in [1.165, 1.54) is 35.2 Å². The van der Waals surface area contributed by atoms with Crippen LogP contribution >= 0.6 is 11.6 Å². The molecule has 0 radical (unpaired) electrons. The van der Waals surface area contributed by atoms with Gasteiger partial charge in [-0.2, -0.15) is 0 Å². The van der Waals surface area contributed by atoms with Gasteiger partial charge < -0.3 is 10.2 Å². The Bertz CT molecular complexity index is 1490. The molecule has 2 amide bonds. The summed E-state index contributed by atoms with van der Waals surface area (Å²) in [4.78, 5) is 29.0. The first kappa shape index (κ1) is 31.5. The van der Waals surface area contributed by atoms with E-state index in [-0.39, 0.29) is 29.1 Å². The molecular weight excluding hydrogens is 577 g/mol. The fraction of sp³-hybridized carbons (Fsp3) is 0.375. The maximum Gasteiger partial charge on any atom is 0.264 e. The number of nitrogens with one attached hydrogen (secondary N) is 1. The molecule has 0 aliphatic heterocycles. The maximum absolute atomic E-state index is 15.1. The van der Waals surface area contributed by atoms with Gasteiger partial charge in [-0.15, -0.1) is 0 Å². The number of carbonyl (C=O) groups is 2. The van der Waals surface area contributed by atoms with Gasteiger partial charge in [-0.25, -0.2) is 12.8 Å². The van der Waals surface area contributed by atoms with Gasteiger partial charge in [0.1, 0.15) is 18.4 Å². The van der Waals surface area contributed by atoms with Crippen LogP contribution in [0.15, 0.2) is 77.7 Å². The highest BCUT2D eigenvalue weighted by Gasteiger charge is 2.35. The molecule has 0 unspecified atom stereocenters. The van der Waals surface area contributed by atoms with E-state index < -0.39 is 34.3 Å². The highest BCUT2D eigenvalue weighted by atomic mass is 35.5. The molecule has 224 valence electrons. The molecule has 0 bridgehead atoms. The predicted molar refractivity (Wildman–Crippen MR) is 163 cm³/mol. The average Bonchev–Trinajstić information content (AvgIpc) is 2.98. The van der Waals surface area contributed by atoms with E-state index in [4.69, 9.17) is 11.6 Å². The monoisotopic (exact) mass is 613 g/mol. The molecule has 0 spiro atoms. The second kappa shape index (κ2) is 14.2. The van der Waals surface area contributed by atoms with Gasteiger partial charge in [0, 0.05) is 17.6 Å². The predicted octanol–water partition coefficient (Wildman–Crippen LogP) is 6.24. The van der Waals surface area contributed by atoms with Gasteiger partial charge in [-0.05, 0) is 62.1 Å². The summed E-state index contributed by atoms with van der Waals surface area (Å²) in [5, 5.41) is 3.52. The van der Waals surface area contributed by atoms with Crippen LogP contribution in [0.2, 0.25) is 5.02 Å². The van der Waals surface area contributed by atoms with Crippen LogP contribution in [0.4, 0.5) is 10.1 Å². The van der Waals surface area contributed by atoms with E-state index in [1.54, 1.807) is 43.3 Å². The quantitative estimate of drug-likeness (QED) is 0.277. The first-order chi connectivity index (χ1) is 20.1. The fourth-order valence-corrected chi connectivity index (χ4v) is 6.90. The van der Waals surface area contributed by atoms with Crippen LogP contribution in [0.25, 0.3) is 0 Å². The molecule has 1 aliphatic rings. The molecule has 3 aromatic carbocycles. The lowest BCUT2D eigenvalue weighted by Crippen LogP contribution is -2.54. The number of amides is 2. The van der Waals surface area contributed by atoms with Crippen molar-refractivity contribution in [3.05, 3.63) is 94.8 Å². The summed E-state index contributed by atoms with van der Waals surface area (Å²) < 4.78 is 43.7. The third-order valence-corrected chi connectivity index (χ3v) is 9.79. The van der Waals surface area contributed by atoms with E-state index >= 15 is 4.39 Å². The van der Waals surface area contributed by atoms with E-state index in [0.29, 0.717) is 17.0 Å². The van der Waals surface area contributed by atoms with Crippen LogP contribution in [0.5, 0.6) is 0 Å². The number of halogens is 2. The van der Waals surface area contributed by atoms with E-state index in [2.05, 4.69) is 5.32 Å². The zero-order chi connectivity index (χ0) is 30.3. The number of para-hydroxylation sites is 1. The lowest BCUT2D eigenvalue weighted by atomic mass is 9.95. The van der Waals surface area contributed by atoms with Crippen LogP contribution in [0, 0.1) is 12.7 Å². The second-order valence-corrected chi connectivity index (χ2v) is 12.9. The first-order valence-corrected chi connectivity index (χ1v) is 16.1. The van der Waals surface area contributed by atoms with Crippen molar-refractivity contribution in [2.75, 3.05) is 10.8 Å². The Kier molecular flexibility index (Phi) is 10.6. The first-order valence-electron chi connectivity index (χ1n) is 14.3. The minimum Gasteiger partial charge on any atom is -0.352 e. The minimum absolute atomic E-state index is 0.0226. The summed E-state index contributed by atoms with van der Waals surface area (Å²) in [7, 11) is -4.36. The number of benzene rings is 3. The van der Waals surface area contributed by atoms with Gasteiger partial charge in [0.2, 0.25) is 11.8 Å². The highest BCUT2D eigenvalue weighted by molar-refractivity contribution is 7.92. The van der Waals surface area contributed by atoms with Crippen LogP contribution in [0.1, 0.15) is 56.6 Å². The lowest BCUT2D eigenvalue weighted by molar-refractivity contribution is -0.140. The minimum atomic E-state index is -4.36. The molecule has 1 atom stereocenters.